The first-order valence-electron chi connectivity index (χ1n) is 5.57. The average molecular weight is 406 g/mol. The summed E-state index contributed by atoms with van der Waals surface area (Å²) in [6, 6.07) is 1.86. The highest BCUT2D eigenvalue weighted by molar-refractivity contribution is 9.11. The largest absolute Gasteiger partial charge is 0.477 e. The molecule has 0 aliphatic heterocycles. The zero-order valence-electron chi connectivity index (χ0n) is 9.98. The van der Waals surface area contributed by atoms with Gasteiger partial charge in [-0.25, -0.2) is 9.78 Å². The summed E-state index contributed by atoms with van der Waals surface area (Å²) in [4.78, 5) is 20.2. The number of carbonyl (C=O) groups is 1. The van der Waals surface area contributed by atoms with Crippen LogP contribution in [-0.4, -0.2) is 21.0 Å². The van der Waals surface area contributed by atoms with Crippen molar-refractivity contribution in [2.75, 3.05) is 0 Å². The number of aryl methyl sites for hydroxylation is 1. The summed E-state index contributed by atoms with van der Waals surface area (Å²) >= 11 is 7.92. The van der Waals surface area contributed by atoms with Crippen LogP contribution in [0.2, 0.25) is 0 Å². The van der Waals surface area contributed by atoms with Gasteiger partial charge in [-0.3, -0.25) is 4.98 Å². The SMILES string of the molecule is CCCc1nc(-c2ncc(Br)cc2Br)sc1C(=O)O. The second-order valence-corrected chi connectivity index (χ2v) is 6.60. The standard InChI is InChI=1S/C12H10Br2N2O2S/c1-2-3-8-10(12(17)18)19-11(16-8)9-7(14)4-6(13)5-15-9/h4-5H,2-3H2,1H3,(H,17,18). The minimum absolute atomic E-state index is 0.300. The summed E-state index contributed by atoms with van der Waals surface area (Å²) in [7, 11) is 0. The molecule has 2 rings (SSSR count). The molecule has 2 heterocycles. The number of carboxylic acids is 1. The Morgan fingerprint density at radius 1 is 1.47 bits per heavy atom. The van der Waals surface area contributed by atoms with Gasteiger partial charge in [0.25, 0.3) is 0 Å². The quantitative estimate of drug-likeness (QED) is 0.819. The maximum absolute atomic E-state index is 11.2. The third-order valence-corrected chi connectivity index (χ3v) is 4.52. The van der Waals surface area contributed by atoms with Crippen LogP contribution in [0.4, 0.5) is 0 Å². The number of pyridine rings is 1. The number of carboxylic acid groups (broad SMARTS) is 1. The molecule has 0 radical (unpaired) electrons. The Balaban J connectivity index is 2.50. The molecule has 19 heavy (non-hydrogen) atoms. The molecule has 0 aliphatic carbocycles. The van der Waals surface area contributed by atoms with Crippen LogP contribution >= 0.6 is 43.2 Å². The van der Waals surface area contributed by atoms with Crippen LogP contribution in [0, 0.1) is 0 Å². The summed E-state index contributed by atoms with van der Waals surface area (Å²) < 4.78 is 1.64. The van der Waals surface area contributed by atoms with E-state index in [4.69, 9.17) is 0 Å². The van der Waals surface area contributed by atoms with Gasteiger partial charge in [0.2, 0.25) is 0 Å². The number of aromatic carboxylic acids is 1. The molecule has 1 N–H and O–H groups in total. The third kappa shape index (κ3) is 3.21. The minimum Gasteiger partial charge on any atom is -0.477 e. The third-order valence-electron chi connectivity index (χ3n) is 2.39. The zero-order chi connectivity index (χ0) is 14.0. The average Bonchev–Trinajstić information content (AvgIpc) is 2.73. The van der Waals surface area contributed by atoms with Gasteiger partial charge < -0.3 is 5.11 Å². The van der Waals surface area contributed by atoms with Crippen LogP contribution in [0.1, 0.15) is 28.7 Å². The molecular weight excluding hydrogens is 396 g/mol. The predicted octanol–water partition coefficient (Wildman–Crippen LogP) is 4.38. The second kappa shape index (κ2) is 6.11. The summed E-state index contributed by atoms with van der Waals surface area (Å²) in [6.45, 7) is 2.00. The summed E-state index contributed by atoms with van der Waals surface area (Å²) in [5.41, 5.74) is 1.30. The van der Waals surface area contributed by atoms with Crippen molar-refractivity contribution in [3.63, 3.8) is 0 Å². The van der Waals surface area contributed by atoms with Crippen LogP contribution in [0.15, 0.2) is 21.2 Å². The van der Waals surface area contributed by atoms with Crippen molar-refractivity contribution in [3.8, 4) is 10.7 Å². The van der Waals surface area contributed by atoms with Crippen LogP contribution in [-0.2, 0) is 6.42 Å². The van der Waals surface area contributed by atoms with E-state index in [2.05, 4.69) is 41.8 Å². The van der Waals surface area contributed by atoms with E-state index in [1.165, 1.54) is 0 Å². The number of halogens is 2. The Hall–Kier alpha value is -0.790. The molecule has 0 aliphatic rings. The highest BCUT2D eigenvalue weighted by Gasteiger charge is 2.19. The molecule has 0 aromatic carbocycles. The van der Waals surface area contributed by atoms with Crippen LogP contribution < -0.4 is 0 Å². The maximum Gasteiger partial charge on any atom is 0.347 e. The molecule has 0 atom stereocenters. The number of thiazole rings is 1. The topological polar surface area (TPSA) is 63.1 Å². The lowest BCUT2D eigenvalue weighted by atomic mass is 10.2. The Bertz CT molecular complexity index is 628. The van der Waals surface area contributed by atoms with Crippen molar-refractivity contribution in [2.45, 2.75) is 19.8 Å². The van der Waals surface area contributed by atoms with Crippen molar-refractivity contribution in [3.05, 3.63) is 31.8 Å². The number of aromatic nitrogens is 2. The van der Waals surface area contributed by atoms with Gasteiger partial charge >= 0.3 is 5.97 Å². The molecule has 0 amide bonds. The smallest absolute Gasteiger partial charge is 0.347 e. The Morgan fingerprint density at radius 2 is 2.21 bits per heavy atom. The highest BCUT2D eigenvalue weighted by atomic mass is 79.9. The Kier molecular flexibility index (Phi) is 4.70. The van der Waals surface area contributed by atoms with Crippen LogP contribution in [0.3, 0.4) is 0 Å². The molecule has 100 valence electrons. The van der Waals surface area contributed by atoms with Crippen molar-refractivity contribution in [1.82, 2.24) is 9.97 Å². The van der Waals surface area contributed by atoms with Crippen molar-refractivity contribution >= 4 is 49.2 Å². The van der Waals surface area contributed by atoms with E-state index in [1.807, 2.05) is 13.0 Å². The van der Waals surface area contributed by atoms with Gasteiger partial charge in [-0.1, -0.05) is 13.3 Å². The van der Waals surface area contributed by atoms with Crippen molar-refractivity contribution in [2.24, 2.45) is 0 Å². The van der Waals surface area contributed by atoms with Gasteiger partial charge in [-0.15, -0.1) is 11.3 Å². The van der Waals surface area contributed by atoms with E-state index in [1.54, 1.807) is 6.20 Å². The van der Waals surface area contributed by atoms with Gasteiger partial charge in [0.1, 0.15) is 15.6 Å². The molecule has 0 unspecified atom stereocenters. The van der Waals surface area contributed by atoms with E-state index in [0.717, 1.165) is 26.7 Å². The second-order valence-electron chi connectivity index (χ2n) is 3.83. The summed E-state index contributed by atoms with van der Waals surface area (Å²) in [5.74, 6) is -0.930. The van der Waals surface area contributed by atoms with E-state index < -0.39 is 5.97 Å². The molecule has 2 aromatic heterocycles. The fourth-order valence-electron chi connectivity index (χ4n) is 1.60. The monoisotopic (exact) mass is 404 g/mol. The maximum atomic E-state index is 11.2. The lowest BCUT2D eigenvalue weighted by Gasteiger charge is -1.99. The molecule has 2 aromatic rings. The molecular formula is C12H10Br2N2O2S. The van der Waals surface area contributed by atoms with E-state index in [9.17, 15) is 9.90 Å². The molecule has 0 spiro atoms. The lowest BCUT2D eigenvalue weighted by Crippen LogP contribution is -1.98. The fourth-order valence-corrected chi connectivity index (χ4v) is 3.87. The van der Waals surface area contributed by atoms with Gasteiger partial charge in [0, 0.05) is 15.1 Å². The van der Waals surface area contributed by atoms with Crippen LogP contribution in [0.25, 0.3) is 10.7 Å². The van der Waals surface area contributed by atoms with Crippen molar-refractivity contribution in [1.29, 1.82) is 0 Å². The predicted molar refractivity (Wildman–Crippen MR) is 81.7 cm³/mol. The highest BCUT2D eigenvalue weighted by Crippen LogP contribution is 2.33. The fraction of sp³-hybridized carbons (Fsp3) is 0.250. The van der Waals surface area contributed by atoms with Gasteiger partial charge in [0.05, 0.1) is 5.69 Å². The normalized spacial score (nSPS) is 10.7. The van der Waals surface area contributed by atoms with Gasteiger partial charge in [-0.05, 0) is 44.3 Å². The first-order valence-corrected chi connectivity index (χ1v) is 7.97. The molecule has 0 saturated carbocycles. The van der Waals surface area contributed by atoms with Gasteiger partial charge in [-0.2, -0.15) is 0 Å². The molecule has 0 saturated heterocycles. The van der Waals surface area contributed by atoms with Gasteiger partial charge in [0.15, 0.2) is 0 Å². The zero-order valence-corrected chi connectivity index (χ0v) is 14.0. The number of rotatable bonds is 4. The molecule has 0 fully saturated rings. The number of hydrogen-bond donors (Lipinski definition) is 1. The van der Waals surface area contributed by atoms with E-state index in [-0.39, 0.29) is 0 Å². The lowest BCUT2D eigenvalue weighted by molar-refractivity contribution is 0.0700. The molecule has 7 heteroatoms. The Labute approximate surface area is 131 Å². The minimum atomic E-state index is -0.930. The number of hydrogen-bond acceptors (Lipinski definition) is 4. The van der Waals surface area contributed by atoms with Crippen LogP contribution in [0.5, 0.6) is 0 Å². The molecule has 4 nitrogen and oxygen atoms in total. The van der Waals surface area contributed by atoms with E-state index in [0.29, 0.717) is 27.7 Å². The summed E-state index contributed by atoms with van der Waals surface area (Å²) in [5, 5.41) is 9.82. The number of nitrogens with zero attached hydrogens (tertiary/aromatic N) is 2. The van der Waals surface area contributed by atoms with Crippen molar-refractivity contribution < 1.29 is 9.90 Å². The Morgan fingerprint density at radius 3 is 2.79 bits per heavy atom. The first-order chi connectivity index (χ1) is 9.02. The summed E-state index contributed by atoms with van der Waals surface area (Å²) in [6.07, 6.45) is 3.19. The molecule has 0 bridgehead atoms. The first kappa shape index (κ1) is 14.6. The van der Waals surface area contributed by atoms with E-state index >= 15 is 0 Å².